The van der Waals surface area contributed by atoms with E-state index < -0.39 is 148 Å². The third-order valence-electron chi connectivity index (χ3n) is 12.6. The van der Waals surface area contributed by atoms with Gasteiger partial charge in [0.25, 0.3) is 5.97 Å². The van der Waals surface area contributed by atoms with Crippen LogP contribution in [-0.4, -0.2) is 272 Å². The Kier molecular flexibility index (Phi) is 27.0. The molecule has 8 rings (SSSR count). The standard InChI is InChI=1S/C16H23NO9S.C11H12O6S.C9H19NO9S.C5H11NO3.C2H4O2/c18-8-11-15(20)12(19)6-17(11)7-13-14(26-27(21,22)23)9-24-16(25-13)10-4-2-1-3-5-10;12-18(13)15-7-9-10(17-18)6-14-11(16-9)8-4-2-1-3-5-8;11-3-5-9(15)7(14)2-10(5)1-6(13)8(4-12)19-20(16,17)18;7-2-3-5(9)4(8)1-6-3;1-2(3)4/h1-5,11-16,18-20H,6-9H2,(H,21,22,23);1-5,9-11H,6-7H2;5-9,11-15H,1-4H2,(H,16,17,18);3-9H,1-2H2;1H3,(H,3,4)/p+2/t11-,12-,13-,14+,15-,16?;9-,10?,11?;5-,6-,7-,8-,9-;3-,4-,5-;/m0000./s1. The van der Waals surface area contributed by atoms with Gasteiger partial charge in [0.15, 0.2) is 12.6 Å². The van der Waals surface area contributed by atoms with E-state index in [0.29, 0.717) is 16.3 Å². The van der Waals surface area contributed by atoms with Gasteiger partial charge in [-0.25, -0.2) is 16.7 Å². The van der Waals surface area contributed by atoms with Gasteiger partial charge in [0, 0.05) is 24.6 Å². The summed E-state index contributed by atoms with van der Waals surface area (Å²) in [7, 11) is -13.5. The number of carbonyl (C=O) groups is 1. The van der Waals surface area contributed by atoms with E-state index >= 15 is 0 Å². The van der Waals surface area contributed by atoms with Crippen LogP contribution in [0.15, 0.2) is 60.7 Å². The number of nitrogens with one attached hydrogen (secondary N) is 3. The van der Waals surface area contributed by atoms with Gasteiger partial charge in [0.2, 0.25) is 0 Å². The Hall–Kier alpha value is -3.20. The number of hydrogen-bond acceptors (Lipinski definition) is 27. The highest BCUT2D eigenvalue weighted by atomic mass is 32.3. The van der Waals surface area contributed by atoms with Gasteiger partial charge in [-0.1, -0.05) is 60.7 Å². The average molecular weight is 1190 g/mol. The normalized spacial score (nSPS) is 35.1. The number of carboxylic acid groups (broad SMARTS) is 1. The first-order valence-electron chi connectivity index (χ1n) is 24.0. The maximum atomic E-state index is 11.2. The summed E-state index contributed by atoms with van der Waals surface area (Å²) in [5, 5.41) is 113. The Morgan fingerprint density at radius 3 is 1.69 bits per heavy atom. The topological polar surface area (TPSA) is 497 Å². The predicted octanol–water partition coefficient (Wildman–Crippen LogP) is -9.70. The monoisotopic (exact) mass is 1190 g/mol. The molecule has 6 saturated heterocycles. The van der Waals surface area contributed by atoms with Gasteiger partial charge >= 0.3 is 31.2 Å². The highest BCUT2D eigenvalue weighted by Crippen LogP contribution is 2.31. The molecule has 5 unspecified atom stereocenters. The summed E-state index contributed by atoms with van der Waals surface area (Å²) in [6, 6.07) is 16.7. The van der Waals surface area contributed by atoms with Crippen molar-refractivity contribution in [2.24, 2.45) is 0 Å². The molecule has 0 aromatic heterocycles. The maximum absolute atomic E-state index is 11.2. The zero-order valence-corrected chi connectivity index (χ0v) is 44.1. The number of β-amino-alcohol motifs (C(OH)–C–C–N with tert-alkyl or cyclic N) is 1. The van der Waals surface area contributed by atoms with E-state index in [1.54, 1.807) is 24.3 Å². The van der Waals surface area contributed by atoms with Crippen molar-refractivity contribution < 1.29 is 146 Å². The molecule has 6 heterocycles. The number of quaternary nitrogens is 2. The minimum absolute atomic E-state index is 0.0352. The van der Waals surface area contributed by atoms with E-state index in [4.69, 9.17) is 67.7 Å². The van der Waals surface area contributed by atoms with Gasteiger partial charge in [0.05, 0.1) is 64.5 Å². The number of benzene rings is 2. The van der Waals surface area contributed by atoms with Gasteiger partial charge in [-0.2, -0.15) is 25.3 Å². The molecule has 6 fully saturated rings. The Bertz CT molecular complexity index is 2420. The predicted molar refractivity (Wildman–Crippen MR) is 257 cm³/mol. The number of hydrogen-bond donors (Lipinski definition) is 17. The maximum Gasteiger partial charge on any atom is 0.400 e. The largest absolute Gasteiger partial charge is 0.481 e. The van der Waals surface area contributed by atoms with E-state index in [-0.39, 0.29) is 65.3 Å². The molecule has 35 heteroatoms. The van der Waals surface area contributed by atoms with Crippen LogP contribution in [0, 0.1) is 0 Å². The Morgan fingerprint density at radius 2 is 1.23 bits per heavy atom. The molecule has 6 aliphatic rings. The second-order valence-corrected chi connectivity index (χ2v) is 21.6. The molecule has 2 aromatic rings. The summed E-state index contributed by atoms with van der Waals surface area (Å²) in [6.07, 6.45) is -13.2. The molecule has 0 bridgehead atoms. The fourth-order valence-corrected chi connectivity index (χ4v) is 10.6. The lowest BCUT2D eigenvalue weighted by atomic mass is 10.1. The number of aliphatic carboxylic acids is 1. The van der Waals surface area contributed by atoms with Crippen LogP contribution in [0.5, 0.6) is 0 Å². The Balaban J connectivity index is 0.000000230. The van der Waals surface area contributed by atoms with Crippen molar-refractivity contribution in [3.05, 3.63) is 71.8 Å². The molecule has 78 heavy (non-hydrogen) atoms. The average Bonchev–Trinajstić information content (AvgIpc) is 3.96. The van der Waals surface area contributed by atoms with Crippen molar-refractivity contribution in [1.82, 2.24) is 5.32 Å². The lowest BCUT2D eigenvalue weighted by Crippen LogP contribution is -3.16. The Labute approximate surface area is 448 Å². The van der Waals surface area contributed by atoms with Gasteiger partial charge in [0.1, 0.15) is 99.3 Å². The molecule has 19 atom stereocenters. The zero-order valence-electron chi connectivity index (χ0n) is 41.7. The lowest BCUT2D eigenvalue weighted by Gasteiger charge is -2.37. The number of aliphatic hydroxyl groups is 11. The highest BCUT2D eigenvalue weighted by molar-refractivity contribution is 7.82. The van der Waals surface area contributed by atoms with E-state index in [1.165, 1.54) is 0 Å². The smallest absolute Gasteiger partial charge is 0.400 e. The van der Waals surface area contributed by atoms with E-state index in [1.807, 2.05) is 36.4 Å². The van der Waals surface area contributed by atoms with Crippen molar-refractivity contribution >= 4 is 37.2 Å². The molecular formula is C43H71N3O29S3+2. The zero-order chi connectivity index (χ0) is 58.1. The van der Waals surface area contributed by atoms with Gasteiger partial charge in [-0.05, 0) is 0 Å². The van der Waals surface area contributed by atoms with Gasteiger partial charge in [-0.3, -0.25) is 13.9 Å². The lowest BCUT2D eigenvalue weighted by molar-refractivity contribution is -0.919. The SMILES string of the molecule is CC(=O)O.O=S(=O)(O)O[C@@H](CO)[C@@H](O)C[NH+]1C[C@H](O)[C@@H](O)[C@@H]1CO.O=S(=O)(O)O[C@@H]1COC(c2ccccc2)O[C@H]1C[NH+]1C[C@H](O)[C@@H](O)[C@@H]1CO.O=S1(=O)OC[C@@H]2OC(c3ccccc3)OCC2O1.OC[C@@H]1NC[C@H](O)[C@H]1O. The summed E-state index contributed by atoms with van der Waals surface area (Å²) in [6.45, 7) is -0.236. The van der Waals surface area contributed by atoms with Crippen molar-refractivity contribution in [1.29, 1.82) is 0 Å². The van der Waals surface area contributed by atoms with Crippen LogP contribution in [0.4, 0.5) is 0 Å². The summed E-state index contributed by atoms with van der Waals surface area (Å²) >= 11 is 0. The first kappa shape index (κ1) is 67.3. The summed E-state index contributed by atoms with van der Waals surface area (Å²) in [5.41, 5.74) is 1.60. The number of fused-ring (bicyclic) bond motifs is 1. The first-order valence-corrected chi connectivity index (χ1v) is 28.0. The second-order valence-electron chi connectivity index (χ2n) is 18.3. The minimum atomic E-state index is -4.83. The fourth-order valence-electron chi connectivity index (χ4n) is 8.74. The molecular weight excluding hydrogens is 1120 g/mol. The van der Waals surface area contributed by atoms with Crippen LogP contribution in [-0.2, 0) is 71.7 Å². The minimum Gasteiger partial charge on any atom is -0.481 e. The second kappa shape index (κ2) is 31.3. The molecule has 0 aliphatic carbocycles. The molecule has 0 amide bonds. The van der Waals surface area contributed by atoms with E-state index in [0.717, 1.165) is 18.1 Å². The van der Waals surface area contributed by atoms with Crippen molar-refractivity contribution in [2.75, 3.05) is 79.0 Å². The van der Waals surface area contributed by atoms with E-state index in [9.17, 15) is 55.9 Å². The molecule has 6 aliphatic heterocycles. The van der Waals surface area contributed by atoms with Crippen LogP contribution in [0.2, 0.25) is 0 Å². The summed E-state index contributed by atoms with van der Waals surface area (Å²) in [5.74, 6) is -0.833. The quantitative estimate of drug-likeness (QED) is 0.0736. The van der Waals surface area contributed by atoms with Crippen LogP contribution in [0.25, 0.3) is 0 Å². The van der Waals surface area contributed by atoms with Crippen LogP contribution >= 0.6 is 0 Å². The summed E-state index contributed by atoms with van der Waals surface area (Å²) < 4.78 is 124. The number of ether oxygens (including phenoxy) is 4. The van der Waals surface area contributed by atoms with Crippen LogP contribution < -0.4 is 15.1 Å². The molecule has 0 radical (unpaired) electrons. The van der Waals surface area contributed by atoms with Crippen LogP contribution in [0.1, 0.15) is 30.6 Å². The molecule has 0 spiro atoms. The molecule has 0 saturated carbocycles. The number of rotatable bonds is 15. The van der Waals surface area contributed by atoms with Crippen molar-refractivity contribution in [2.45, 2.75) is 111 Å². The Morgan fingerprint density at radius 1 is 0.718 bits per heavy atom. The van der Waals surface area contributed by atoms with Crippen LogP contribution in [0.3, 0.4) is 0 Å². The molecule has 17 N–H and O–H groups in total. The number of likely N-dealkylation sites (tertiary alicyclic amines) is 2. The van der Waals surface area contributed by atoms with Crippen molar-refractivity contribution in [3.63, 3.8) is 0 Å². The fraction of sp³-hybridized carbons (Fsp3) is 0.698. The van der Waals surface area contributed by atoms with E-state index in [2.05, 4.69) is 17.9 Å². The van der Waals surface area contributed by atoms with Crippen molar-refractivity contribution in [3.8, 4) is 0 Å². The van der Waals surface area contributed by atoms with Gasteiger partial charge < -0.3 is 95.3 Å². The third kappa shape index (κ3) is 21.3. The first-order chi connectivity index (χ1) is 36.6. The van der Waals surface area contributed by atoms with Gasteiger partial charge in [-0.15, -0.1) is 0 Å². The third-order valence-corrected chi connectivity index (χ3v) is 14.5. The highest BCUT2D eigenvalue weighted by Gasteiger charge is 2.48. The molecule has 2 aromatic carbocycles. The molecule has 448 valence electrons. The number of aliphatic hydroxyl groups excluding tert-OH is 11. The summed E-state index contributed by atoms with van der Waals surface area (Å²) in [4.78, 5) is 10.1. The molecule has 32 nitrogen and oxygen atoms in total. The number of carboxylic acids is 1.